The Balaban J connectivity index is 2.52. The van der Waals surface area contributed by atoms with Crippen LogP contribution in [-0.2, 0) is 0 Å². The third-order valence-corrected chi connectivity index (χ3v) is 5.36. The summed E-state index contributed by atoms with van der Waals surface area (Å²) in [5.74, 6) is -11.6. The number of Topliss-reactive ketones (excluding diaryl/α,β-unsaturated/α-hetero) is 2. The van der Waals surface area contributed by atoms with Crippen LogP contribution in [0.2, 0.25) is 0 Å². The normalized spacial score (nSPS) is 11.0. The first-order valence-corrected chi connectivity index (χ1v) is 9.60. The Labute approximate surface area is 191 Å². The van der Waals surface area contributed by atoms with E-state index in [9.17, 15) is 55.5 Å². The molecule has 11 nitrogen and oxygen atoms in total. The molecule has 3 aromatic rings. The maximum absolute atomic E-state index is 12.0. The number of benzene rings is 3. The fourth-order valence-electron chi connectivity index (χ4n) is 3.63. The highest BCUT2D eigenvalue weighted by atomic mass is 16.3. The Hall–Kier alpha value is -4.80. The lowest BCUT2D eigenvalue weighted by Crippen LogP contribution is -2.08. The number of hydrogen-bond acceptors (Lipinski definition) is 11. The molecule has 0 spiro atoms. The molecule has 178 valence electrons. The van der Waals surface area contributed by atoms with Gasteiger partial charge in [0.15, 0.2) is 51.8 Å². The van der Waals surface area contributed by atoms with E-state index in [1.807, 2.05) is 0 Å². The van der Waals surface area contributed by atoms with Crippen LogP contribution in [0.4, 0.5) is 0 Å². The molecule has 34 heavy (non-hydrogen) atoms. The number of ketones is 2. The molecule has 0 aliphatic rings. The molecule has 0 radical (unpaired) electrons. The summed E-state index contributed by atoms with van der Waals surface area (Å²) in [6.07, 6.45) is 0. The van der Waals surface area contributed by atoms with Crippen LogP contribution in [0.25, 0.3) is 0 Å². The van der Waals surface area contributed by atoms with Crippen LogP contribution in [0.3, 0.4) is 0 Å². The number of rotatable bonds is 5. The molecule has 0 aliphatic carbocycles. The Kier molecular flexibility index (Phi) is 5.81. The minimum Gasteiger partial charge on any atom is -0.504 e. The lowest BCUT2D eigenvalue weighted by molar-refractivity contribution is 0.100. The number of phenols is 9. The Morgan fingerprint density at radius 3 is 1.21 bits per heavy atom. The van der Waals surface area contributed by atoms with Crippen molar-refractivity contribution >= 4 is 11.6 Å². The lowest BCUT2D eigenvalue weighted by atomic mass is 9.81. The second-order valence-electron chi connectivity index (χ2n) is 7.57. The molecule has 0 fully saturated rings. The van der Waals surface area contributed by atoms with Crippen molar-refractivity contribution in [2.24, 2.45) is 0 Å². The SMILES string of the molecule is CC(=O)c1cc(C(c2cc(O)c(O)c(O)c2)c2cc(C(C)=O)c(O)c(O)c2O)c(O)c(O)c1O. The molecular weight excluding hydrogens is 452 g/mol. The van der Waals surface area contributed by atoms with E-state index in [1.54, 1.807) is 0 Å². The first-order valence-electron chi connectivity index (χ1n) is 9.60. The lowest BCUT2D eigenvalue weighted by Gasteiger charge is -2.24. The summed E-state index contributed by atoms with van der Waals surface area (Å²) in [6.45, 7) is 2.11. The molecule has 0 unspecified atom stereocenters. The third-order valence-electron chi connectivity index (χ3n) is 5.36. The van der Waals surface area contributed by atoms with E-state index in [0.717, 1.165) is 38.1 Å². The predicted molar refractivity (Wildman–Crippen MR) is 115 cm³/mol. The maximum Gasteiger partial charge on any atom is 0.201 e. The van der Waals surface area contributed by atoms with Gasteiger partial charge in [-0.2, -0.15) is 0 Å². The first-order chi connectivity index (χ1) is 15.8. The summed E-state index contributed by atoms with van der Waals surface area (Å²) in [5, 5.41) is 91.6. The van der Waals surface area contributed by atoms with Crippen molar-refractivity contribution in [2.45, 2.75) is 19.8 Å². The van der Waals surface area contributed by atoms with Crippen molar-refractivity contribution < 1.29 is 55.5 Å². The second-order valence-corrected chi connectivity index (χ2v) is 7.57. The number of hydrogen-bond donors (Lipinski definition) is 9. The molecule has 3 aromatic carbocycles. The molecule has 0 heterocycles. The average molecular weight is 472 g/mol. The summed E-state index contributed by atoms with van der Waals surface area (Å²) in [6, 6.07) is 3.73. The number of carbonyl (C=O) groups excluding carboxylic acids is 2. The van der Waals surface area contributed by atoms with Crippen LogP contribution in [0.15, 0.2) is 24.3 Å². The molecule has 0 saturated heterocycles. The second kappa shape index (κ2) is 8.28. The summed E-state index contributed by atoms with van der Waals surface area (Å²) >= 11 is 0. The summed E-state index contributed by atoms with van der Waals surface area (Å²) in [4.78, 5) is 24.0. The molecule has 3 rings (SSSR count). The van der Waals surface area contributed by atoms with Gasteiger partial charge in [0.25, 0.3) is 0 Å². The van der Waals surface area contributed by atoms with E-state index >= 15 is 0 Å². The summed E-state index contributed by atoms with van der Waals surface area (Å²) < 4.78 is 0. The topological polar surface area (TPSA) is 216 Å². The van der Waals surface area contributed by atoms with Crippen LogP contribution in [0.1, 0.15) is 57.2 Å². The zero-order valence-corrected chi connectivity index (χ0v) is 17.7. The van der Waals surface area contributed by atoms with Crippen molar-refractivity contribution in [1.82, 2.24) is 0 Å². The van der Waals surface area contributed by atoms with E-state index in [1.165, 1.54) is 0 Å². The van der Waals surface area contributed by atoms with Crippen LogP contribution in [0, 0.1) is 0 Å². The van der Waals surface area contributed by atoms with Gasteiger partial charge in [0.1, 0.15) is 0 Å². The number of aromatic hydroxyl groups is 9. The van der Waals surface area contributed by atoms with Crippen LogP contribution >= 0.6 is 0 Å². The highest BCUT2D eigenvalue weighted by Crippen LogP contribution is 2.52. The van der Waals surface area contributed by atoms with Gasteiger partial charge in [0.05, 0.1) is 11.1 Å². The minimum absolute atomic E-state index is 0.169. The van der Waals surface area contributed by atoms with Crippen LogP contribution < -0.4 is 0 Å². The van der Waals surface area contributed by atoms with E-state index in [2.05, 4.69) is 0 Å². The molecule has 0 amide bonds. The van der Waals surface area contributed by atoms with Gasteiger partial charge in [0.2, 0.25) is 11.5 Å². The van der Waals surface area contributed by atoms with Gasteiger partial charge < -0.3 is 46.0 Å². The highest BCUT2D eigenvalue weighted by molar-refractivity contribution is 5.99. The summed E-state index contributed by atoms with van der Waals surface area (Å²) in [7, 11) is 0. The zero-order valence-electron chi connectivity index (χ0n) is 17.7. The van der Waals surface area contributed by atoms with Crippen LogP contribution in [-0.4, -0.2) is 57.5 Å². The fraction of sp³-hybridized carbons (Fsp3) is 0.130. The Morgan fingerprint density at radius 2 is 0.882 bits per heavy atom. The molecule has 0 aliphatic heterocycles. The van der Waals surface area contributed by atoms with Crippen LogP contribution in [0.5, 0.6) is 51.7 Å². The van der Waals surface area contributed by atoms with Crippen molar-refractivity contribution in [2.75, 3.05) is 0 Å². The Morgan fingerprint density at radius 1 is 0.529 bits per heavy atom. The summed E-state index contributed by atoms with van der Waals surface area (Å²) in [5.41, 5.74) is -1.81. The number of carbonyl (C=O) groups is 2. The predicted octanol–water partition coefficient (Wildman–Crippen LogP) is 2.62. The quantitative estimate of drug-likeness (QED) is 0.149. The van der Waals surface area contributed by atoms with Gasteiger partial charge in [-0.15, -0.1) is 0 Å². The van der Waals surface area contributed by atoms with E-state index in [0.29, 0.717) is 0 Å². The van der Waals surface area contributed by atoms with Gasteiger partial charge in [-0.25, -0.2) is 0 Å². The van der Waals surface area contributed by atoms with Gasteiger partial charge in [-0.1, -0.05) is 0 Å². The average Bonchev–Trinajstić information content (AvgIpc) is 2.76. The van der Waals surface area contributed by atoms with Gasteiger partial charge in [-0.3, -0.25) is 9.59 Å². The minimum atomic E-state index is -1.55. The smallest absolute Gasteiger partial charge is 0.201 e. The Bertz CT molecular complexity index is 1260. The molecule has 0 saturated carbocycles. The van der Waals surface area contributed by atoms with Gasteiger partial charge in [0, 0.05) is 17.0 Å². The van der Waals surface area contributed by atoms with Crippen molar-refractivity contribution in [1.29, 1.82) is 0 Å². The monoisotopic (exact) mass is 472 g/mol. The molecule has 0 atom stereocenters. The van der Waals surface area contributed by atoms with Gasteiger partial charge in [-0.05, 0) is 43.7 Å². The van der Waals surface area contributed by atoms with E-state index < -0.39 is 80.4 Å². The number of phenolic OH excluding ortho intramolecular Hbond substituents is 9. The van der Waals surface area contributed by atoms with E-state index in [-0.39, 0.29) is 16.7 Å². The highest BCUT2D eigenvalue weighted by Gasteiger charge is 2.32. The molecule has 0 aromatic heterocycles. The largest absolute Gasteiger partial charge is 0.504 e. The molecule has 9 N–H and O–H groups in total. The third kappa shape index (κ3) is 3.68. The molecular formula is C23H20O11. The maximum atomic E-state index is 12.0. The van der Waals surface area contributed by atoms with Gasteiger partial charge >= 0.3 is 0 Å². The van der Waals surface area contributed by atoms with Crippen molar-refractivity contribution in [3.63, 3.8) is 0 Å². The van der Waals surface area contributed by atoms with Crippen molar-refractivity contribution in [3.05, 3.63) is 52.1 Å². The van der Waals surface area contributed by atoms with Crippen molar-refractivity contribution in [3.8, 4) is 51.7 Å². The zero-order chi connectivity index (χ0) is 25.6. The fourth-order valence-corrected chi connectivity index (χ4v) is 3.63. The molecule has 11 heteroatoms. The first kappa shape index (κ1) is 23.9. The standard InChI is InChI=1S/C23H20O11/c1-7(24)10-5-12(19(30)22(33)17(10)28)16(9-3-14(26)21(32)15(27)4-9)13-6-11(8(2)25)18(29)23(34)20(13)31/h3-6,16,26-34H,1-2H3. The molecule has 0 bridgehead atoms. The van der Waals surface area contributed by atoms with E-state index in [4.69, 9.17) is 0 Å².